The molecule has 110 valence electrons. The number of rotatable bonds is 6. The lowest BCUT2D eigenvalue weighted by molar-refractivity contribution is 0.0701. The van der Waals surface area contributed by atoms with E-state index in [1.54, 1.807) is 6.92 Å². The van der Waals surface area contributed by atoms with E-state index in [4.69, 9.17) is 5.11 Å². The van der Waals surface area contributed by atoms with Crippen LogP contribution in [-0.4, -0.2) is 26.0 Å². The van der Waals surface area contributed by atoms with Crippen molar-refractivity contribution < 1.29 is 18.3 Å². The summed E-state index contributed by atoms with van der Waals surface area (Å²) in [7, 11) is -3.59. The molecule has 0 radical (unpaired) electrons. The molecule has 1 aromatic heterocycles. The summed E-state index contributed by atoms with van der Waals surface area (Å²) in [5.74, 6) is -0.393. The Balaban J connectivity index is 1.74. The second-order valence-electron chi connectivity index (χ2n) is 5.84. The average molecular weight is 315 g/mol. The number of carboxylic acid groups (broad SMARTS) is 1. The van der Waals surface area contributed by atoms with Gasteiger partial charge in [0.2, 0.25) is 10.0 Å². The van der Waals surface area contributed by atoms with Crippen LogP contribution < -0.4 is 4.72 Å². The van der Waals surface area contributed by atoms with Crippen molar-refractivity contribution in [1.29, 1.82) is 0 Å². The number of thiophene rings is 1. The third-order valence-electron chi connectivity index (χ3n) is 4.30. The predicted molar refractivity (Wildman–Crippen MR) is 75.6 cm³/mol. The van der Waals surface area contributed by atoms with Crippen LogP contribution in [0, 0.1) is 18.3 Å². The van der Waals surface area contributed by atoms with E-state index >= 15 is 0 Å². The second-order valence-corrected chi connectivity index (χ2v) is 8.89. The van der Waals surface area contributed by atoms with Crippen LogP contribution in [0.1, 0.15) is 40.9 Å². The third kappa shape index (κ3) is 2.49. The Labute approximate surface area is 122 Å². The van der Waals surface area contributed by atoms with Crippen LogP contribution in [0.2, 0.25) is 0 Å². The van der Waals surface area contributed by atoms with E-state index in [0.717, 1.165) is 24.2 Å². The van der Waals surface area contributed by atoms with Crippen LogP contribution in [0.5, 0.6) is 0 Å². The Morgan fingerprint density at radius 3 is 2.60 bits per heavy atom. The SMILES string of the molecule is Cc1cc(S(=O)(=O)NCC2(C3CC3)CC2)sc1C(=O)O. The van der Waals surface area contributed by atoms with E-state index in [9.17, 15) is 13.2 Å². The summed E-state index contributed by atoms with van der Waals surface area (Å²) in [5, 5.41) is 8.99. The summed E-state index contributed by atoms with van der Waals surface area (Å²) in [5.41, 5.74) is 0.681. The Bertz CT molecular complexity index is 654. The normalized spacial score (nSPS) is 20.9. The molecule has 2 N–H and O–H groups in total. The van der Waals surface area contributed by atoms with Gasteiger partial charge in [0.15, 0.2) is 0 Å². The maximum absolute atomic E-state index is 12.2. The van der Waals surface area contributed by atoms with E-state index in [-0.39, 0.29) is 14.5 Å². The van der Waals surface area contributed by atoms with Crippen LogP contribution in [0.4, 0.5) is 0 Å². The Kier molecular flexibility index (Phi) is 3.19. The van der Waals surface area contributed by atoms with Crippen LogP contribution in [0.25, 0.3) is 0 Å². The van der Waals surface area contributed by atoms with E-state index in [2.05, 4.69) is 4.72 Å². The van der Waals surface area contributed by atoms with Gasteiger partial charge in [0.1, 0.15) is 9.09 Å². The first-order valence-electron chi connectivity index (χ1n) is 6.67. The van der Waals surface area contributed by atoms with Gasteiger partial charge in [0.05, 0.1) is 0 Å². The molecule has 2 fully saturated rings. The smallest absolute Gasteiger partial charge is 0.346 e. The van der Waals surface area contributed by atoms with Gasteiger partial charge in [0, 0.05) is 6.54 Å². The minimum absolute atomic E-state index is 0.0914. The topological polar surface area (TPSA) is 83.5 Å². The molecule has 0 aromatic carbocycles. The number of hydrogen-bond donors (Lipinski definition) is 2. The molecule has 5 nitrogen and oxygen atoms in total. The van der Waals surface area contributed by atoms with Gasteiger partial charge in [0.25, 0.3) is 0 Å². The van der Waals surface area contributed by atoms with E-state index in [1.165, 1.54) is 18.9 Å². The highest BCUT2D eigenvalue weighted by Crippen LogP contribution is 2.60. The number of sulfonamides is 1. The van der Waals surface area contributed by atoms with Gasteiger partial charge < -0.3 is 5.11 Å². The molecular formula is C13H17NO4S2. The summed E-state index contributed by atoms with van der Waals surface area (Å²) in [4.78, 5) is 11.1. The number of aromatic carboxylic acids is 1. The van der Waals surface area contributed by atoms with E-state index in [0.29, 0.717) is 18.0 Å². The van der Waals surface area contributed by atoms with Crippen molar-refractivity contribution in [2.24, 2.45) is 11.3 Å². The van der Waals surface area contributed by atoms with Gasteiger partial charge in [-0.25, -0.2) is 17.9 Å². The average Bonchev–Trinajstić information content (AvgIpc) is 3.24. The number of aryl methyl sites for hydroxylation is 1. The van der Waals surface area contributed by atoms with Crippen molar-refractivity contribution >= 4 is 27.3 Å². The zero-order valence-corrected chi connectivity index (χ0v) is 12.8. The zero-order chi connectivity index (χ0) is 14.5. The molecule has 20 heavy (non-hydrogen) atoms. The molecular weight excluding hydrogens is 298 g/mol. The minimum Gasteiger partial charge on any atom is -0.477 e. The Hall–Kier alpha value is -0.920. The summed E-state index contributed by atoms with van der Waals surface area (Å²) in [6.45, 7) is 2.10. The number of hydrogen-bond acceptors (Lipinski definition) is 4. The lowest BCUT2D eigenvalue weighted by Gasteiger charge is -2.14. The minimum atomic E-state index is -3.59. The molecule has 0 amide bonds. The molecule has 3 rings (SSSR count). The quantitative estimate of drug-likeness (QED) is 0.843. The van der Waals surface area contributed by atoms with Crippen LogP contribution in [0.15, 0.2) is 10.3 Å². The number of carboxylic acids is 1. The molecule has 1 heterocycles. The molecule has 1 aromatic rings. The third-order valence-corrected chi connectivity index (χ3v) is 7.40. The lowest BCUT2D eigenvalue weighted by Crippen LogP contribution is -2.30. The maximum atomic E-state index is 12.2. The van der Waals surface area contributed by atoms with Gasteiger partial charge in [-0.3, -0.25) is 0 Å². The molecule has 2 saturated carbocycles. The molecule has 2 aliphatic carbocycles. The molecule has 7 heteroatoms. The van der Waals surface area contributed by atoms with Crippen LogP contribution in [-0.2, 0) is 10.0 Å². The standard InChI is InChI=1S/C13H17NO4S2/c1-8-6-10(19-11(8)12(15)16)20(17,18)14-7-13(4-5-13)9-2-3-9/h6,9,14H,2-5,7H2,1H3,(H,15,16). The molecule has 0 atom stereocenters. The second kappa shape index (κ2) is 4.54. The molecule has 2 aliphatic rings. The first-order valence-corrected chi connectivity index (χ1v) is 8.97. The first kappa shape index (κ1) is 14.0. The van der Waals surface area contributed by atoms with E-state index in [1.807, 2.05) is 0 Å². The highest BCUT2D eigenvalue weighted by molar-refractivity contribution is 7.91. The van der Waals surface area contributed by atoms with Gasteiger partial charge >= 0.3 is 5.97 Å². The molecule has 0 aliphatic heterocycles. The van der Waals surface area contributed by atoms with Gasteiger partial charge in [-0.15, -0.1) is 11.3 Å². The fourth-order valence-electron chi connectivity index (χ4n) is 2.69. The number of carbonyl (C=O) groups is 1. The largest absolute Gasteiger partial charge is 0.477 e. The van der Waals surface area contributed by atoms with Crippen LogP contribution in [0.3, 0.4) is 0 Å². The highest BCUT2D eigenvalue weighted by atomic mass is 32.2. The molecule has 0 saturated heterocycles. The molecule has 0 unspecified atom stereocenters. The summed E-state index contributed by atoms with van der Waals surface area (Å²) >= 11 is 0.820. The maximum Gasteiger partial charge on any atom is 0.346 e. The first-order chi connectivity index (χ1) is 9.34. The number of nitrogens with one attached hydrogen (secondary N) is 1. The molecule has 0 spiro atoms. The van der Waals surface area contributed by atoms with Gasteiger partial charge in [-0.05, 0) is 55.6 Å². The van der Waals surface area contributed by atoms with Gasteiger partial charge in [-0.2, -0.15) is 0 Å². The highest BCUT2D eigenvalue weighted by Gasteiger charge is 2.53. The Morgan fingerprint density at radius 2 is 2.15 bits per heavy atom. The van der Waals surface area contributed by atoms with Crippen LogP contribution >= 0.6 is 11.3 Å². The predicted octanol–water partition coefficient (Wildman–Crippen LogP) is 2.22. The molecule has 0 bridgehead atoms. The van der Waals surface area contributed by atoms with Gasteiger partial charge in [-0.1, -0.05) is 0 Å². The summed E-state index contributed by atoms with van der Waals surface area (Å²) in [6, 6.07) is 1.44. The summed E-state index contributed by atoms with van der Waals surface area (Å²) in [6.07, 6.45) is 4.63. The van der Waals surface area contributed by atoms with E-state index < -0.39 is 16.0 Å². The fraction of sp³-hybridized carbons (Fsp3) is 0.615. The van der Waals surface area contributed by atoms with Crippen molar-refractivity contribution in [2.75, 3.05) is 6.54 Å². The summed E-state index contributed by atoms with van der Waals surface area (Å²) < 4.78 is 27.3. The zero-order valence-electron chi connectivity index (χ0n) is 11.2. The van der Waals surface area contributed by atoms with Crippen molar-refractivity contribution in [3.05, 3.63) is 16.5 Å². The Morgan fingerprint density at radius 1 is 1.50 bits per heavy atom. The van der Waals surface area contributed by atoms with Crippen molar-refractivity contribution in [1.82, 2.24) is 4.72 Å². The van der Waals surface area contributed by atoms with Crippen molar-refractivity contribution in [3.63, 3.8) is 0 Å². The van der Waals surface area contributed by atoms with Crippen molar-refractivity contribution in [2.45, 2.75) is 36.8 Å². The monoisotopic (exact) mass is 315 g/mol. The van der Waals surface area contributed by atoms with Crippen molar-refractivity contribution in [3.8, 4) is 0 Å². The fourth-order valence-corrected chi connectivity index (χ4v) is 5.25. The lowest BCUT2D eigenvalue weighted by atomic mass is 10.0.